The van der Waals surface area contributed by atoms with Crippen molar-refractivity contribution < 1.29 is 4.74 Å². The van der Waals surface area contributed by atoms with Crippen molar-refractivity contribution in [2.24, 2.45) is 0 Å². The molecule has 1 N–H and O–H groups in total. The van der Waals surface area contributed by atoms with Gasteiger partial charge in [-0.25, -0.2) is 9.97 Å². The molecule has 0 radical (unpaired) electrons. The molecule has 1 aliphatic heterocycles. The lowest BCUT2D eigenvalue weighted by Gasteiger charge is -2.28. The van der Waals surface area contributed by atoms with E-state index in [2.05, 4.69) is 54.0 Å². The van der Waals surface area contributed by atoms with E-state index in [0.29, 0.717) is 17.0 Å². The molecule has 130 valence electrons. The Morgan fingerprint density at radius 2 is 2.04 bits per heavy atom. The average molecular weight is 410 g/mol. The molecule has 0 aliphatic carbocycles. The summed E-state index contributed by atoms with van der Waals surface area (Å²) in [6.07, 6.45) is 3.52. The number of ether oxygens (including phenoxy) is 1. The third kappa shape index (κ3) is 3.47. The van der Waals surface area contributed by atoms with Gasteiger partial charge >= 0.3 is 0 Å². The zero-order valence-corrected chi connectivity index (χ0v) is 15.5. The van der Waals surface area contributed by atoms with E-state index in [9.17, 15) is 5.26 Å². The fraction of sp³-hybridized carbons (Fsp3) is 0.211. The Bertz CT molecular complexity index is 997. The number of benzene rings is 1. The Kier molecular flexibility index (Phi) is 4.69. The van der Waals surface area contributed by atoms with Crippen LogP contribution in [0.2, 0.25) is 0 Å². The molecule has 0 spiro atoms. The molecular weight excluding hydrogens is 394 g/mol. The second kappa shape index (κ2) is 7.28. The van der Waals surface area contributed by atoms with E-state index < -0.39 is 0 Å². The van der Waals surface area contributed by atoms with E-state index in [1.165, 1.54) is 5.69 Å². The van der Waals surface area contributed by atoms with Crippen LogP contribution in [0.15, 0.2) is 41.0 Å². The minimum absolute atomic E-state index is 0.471. The van der Waals surface area contributed by atoms with Crippen LogP contribution in [0.3, 0.4) is 0 Å². The van der Waals surface area contributed by atoms with E-state index in [-0.39, 0.29) is 0 Å². The lowest BCUT2D eigenvalue weighted by Crippen LogP contribution is -2.36. The van der Waals surface area contributed by atoms with Crippen LogP contribution in [-0.4, -0.2) is 41.3 Å². The Labute approximate surface area is 159 Å². The highest BCUT2D eigenvalue weighted by atomic mass is 79.9. The summed E-state index contributed by atoms with van der Waals surface area (Å²) in [6.45, 7) is 3.33. The standard InChI is InChI=1S/C19H16BrN5O/c20-15-10-17-19(22-12-15)24-18(23-17)14(11-21)9-13-1-3-16(4-2-13)25-5-7-26-8-6-25/h1-4,9-10,12H,5-8H2,(H,22,23,24). The van der Waals surface area contributed by atoms with Crippen molar-refractivity contribution in [2.75, 3.05) is 31.2 Å². The highest BCUT2D eigenvalue weighted by molar-refractivity contribution is 9.10. The monoisotopic (exact) mass is 409 g/mol. The van der Waals surface area contributed by atoms with Crippen molar-refractivity contribution >= 4 is 44.4 Å². The molecule has 26 heavy (non-hydrogen) atoms. The number of aromatic amines is 1. The molecule has 0 bridgehead atoms. The van der Waals surface area contributed by atoms with Gasteiger partial charge < -0.3 is 14.6 Å². The van der Waals surface area contributed by atoms with Crippen molar-refractivity contribution in [1.82, 2.24) is 15.0 Å². The number of fused-ring (bicyclic) bond motifs is 1. The number of halogens is 1. The van der Waals surface area contributed by atoms with Crippen LogP contribution in [0.25, 0.3) is 22.8 Å². The average Bonchev–Trinajstić information content (AvgIpc) is 3.10. The number of nitrogens with one attached hydrogen (secondary N) is 1. The Morgan fingerprint density at radius 1 is 1.27 bits per heavy atom. The second-order valence-corrected chi connectivity index (χ2v) is 6.89. The summed E-state index contributed by atoms with van der Waals surface area (Å²) in [5.41, 5.74) is 3.97. The predicted molar refractivity (Wildman–Crippen MR) is 105 cm³/mol. The molecule has 1 saturated heterocycles. The smallest absolute Gasteiger partial charge is 0.178 e. The number of pyridine rings is 1. The number of allylic oxidation sites excluding steroid dienone is 1. The summed E-state index contributed by atoms with van der Waals surface area (Å²) in [7, 11) is 0. The van der Waals surface area contributed by atoms with Crippen molar-refractivity contribution in [3.05, 3.63) is 52.4 Å². The Morgan fingerprint density at radius 3 is 2.77 bits per heavy atom. The normalized spacial score (nSPS) is 15.2. The number of imidazole rings is 1. The molecule has 7 heteroatoms. The fourth-order valence-corrected chi connectivity index (χ4v) is 3.26. The first-order valence-electron chi connectivity index (χ1n) is 8.29. The Balaban J connectivity index is 1.61. The van der Waals surface area contributed by atoms with Crippen molar-refractivity contribution in [1.29, 1.82) is 5.26 Å². The van der Waals surface area contributed by atoms with E-state index in [1.807, 2.05) is 24.3 Å². The molecule has 2 aromatic heterocycles. The van der Waals surface area contributed by atoms with Gasteiger partial charge in [0.15, 0.2) is 11.5 Å². The lowest BCUT2D eigenvalue weighted by molar-refractivity contribution is 0.122. The van der Waals surface area contributed by atoms with Crippen LogP contribution in [0.5, 0.6) is 0 Å². The van der Waals surface area contributed by atoms with Crippen molar-refractivity contribution in [2.45, 2.75) is 0 Å². The molecule has 6 nitrogen and oxygen atoms in total. The second-order valence-electron chi connectivity index (χ2n) is 5.97. The maximum Gasteiger partial charge on any atom is 0.178 e. The summed E-state index contributed by atoms with van der Waals surface area (Å²) in [5.74, 6) is 0.519. The molecule has 0 atom stereocenters. The number of hydrogen-bond acceptors (Lipinski definition) is 5. The summed E-state index contributed by atoms with van der Waals surface area (Å²) in [5, 5.41) is 9.55. The first kappa shape index (κ1) is 16.8. The SMILES string of the molecule is N#CC(=Cc1ccc(N2CCOCC2)cc1)c1nc2ncc(Br)cc2[nH]1. The third-order valence-corrected chi connectivity index (χ3v) is 4.69. The zero-order valence-electron chi connectivity index (χ0n) is 13.9. The van der Waals surface area contributed by atoms with Gasteiger partial charge in [0.1, 0.15) is 6.07 Å². The number of nitrogens with zero attached hydrogens (tertiary/aromatic N) is 4. The lowest BCUT2D eigenvalue weighted by atomic mass is 10.1. The Hall–Kier alpha value is -2.69. The number of aromatic nitrogens is 3. The van der Waals surface area contributed by atoms with Gasteiger partial charge in [0, 0.05) is 29.4 Å². The summed E-state index contributed by atoms with van der Waals surface area (Å²) in [4.78, 5) is 14.1. The van der Waals surface area contributed by atoms with Gasteiger partial charge in [-0.05, 0) is 45.8 Å². The number of hydrogen-bond donors (Lipinski definition) is 1. The van der Waals surface area contributed by atoms with E-state index in [0.717, 1.165) is 41.9 Å². The van der Waals surface area contributed by atoms with E-state index in [4.69, 9.17) is 4.74 Å². The number of morpholine rings is 1. The molecule has 0 saturated carbocycles. The summed E-state index contributed by atoms with van der Waals surface area (Å²) in [6, 6.07) is 12.3. The molecule has 1 fully saturated rings. The third-order valence-electron chi connectivity index (χ3n) is 4.26. The quantitative estimate of drug-likeness (QED) is 0.668. The molecule has 1 aliphatic rings. The number of rotatable bonds is 3. The number of nitriles is 1. The first-order chi connectivity index (χ1) is 12.7. The molecule has 0 amide bonds. The van der Waals surface area contributed by atoms with Gasteiger partial charge in [0.25, 0.3) is 0 Å². The van der Waals surface area contributed by atoms with Crippen LogP contribution in [0, 0.1) is 11.3 Å². The van der Waals surface area contributed by atoms with Gasteiger partial charge in [0.2, 0.25) is 0 Å². The van der Waals surface area contributed by atoms with Crippen LogP contribution < -0.4 is 4.90 Å². The highest BCUT2D eigenvalue weighted by Crippen LogP contribution is 2.22. The minimum atomic E-state index is 0.471. The van der Waals surface area contributed by atoms with Crippen LogP contribution >= 0.6 is 15.9 Å². The van der Waals surface area contributed by atoms with E-state index in [1.54, 1.807) is 6.20 Å². The maximum absolute atomic E-state index is 9.55. The molecular formula is C19H16BrN5O. The van der Waals surface area contributed by atoms with Crippen LogP contribution in [-0.2, 0) is 4.74 Å². The number of anilines is 1. The highest BCUT2D eigenvalue weighted by Gasteiger charge is 2.12. The topological polar surface area (TPSA) is 77.8 Å². The van der Waals surface area contributed by atoms with E-state index >= 15 is 0 Å². The molecule has 0 unspecified atom stereocenters. The van der Waals surface area contributed by atoms with Gasteiger partial charge in [-0.1, -0.05) is 12.1 Å². The number of H-pyrrole nitrogens is 1. The van der Waals surface area contributed by atoms with Crippen molar-refractivity contribution in [3.63, 3.8) is 0 Å². The van der Waals surface area contributed by atoms with Gasteiger partial charge in [0.05, 0.1) is 24.3 Å². The zero-order chi connectivity index (χ0) is 17.9. The van der Waals surface area contributed by atoms with Gasteiger partial charge in [-0.15, -0.1) is 0 Å². The molecule has 4 rings (SSSR count). The minimum Gasteiger partial charge on any atom is -0.378 e. The predicted octanol–water partition coefficient (Wildman–Crippen LogP) is 3.62. The first-order valence-corrected chi connectivity index (χ1v) is 9.08. The fourth-order valence-electron chi connectivity index (χ4n) is 2.93. The van der Waals surface area contributed by atoms with Crippen molar-refractivity contribution in [3.8, 4) is 6.07 Å². The van der Waals surface area contributed by atoms with Crippen LogP contribution in [0.4, 0.5) is 5.69 Å². The maximum atomic E-state index is 9.55. The molecule has 1 aromatic carbocycles. The van der Waals surface area contributed by atoms with Crippen LogP contribution in [0.1, 0.15) is 11.4 Å². The van der Waals surface area contributed by atoms with Gasteiger partial charge in [-0.3, -0.25) is 0 Å². The summed E-state index contributed by atoms with van der Waals surface area (Å²) >= 11 is 3.39. The van der Waals surface area contributed by atoms with Gasteiger partial charge in [-0.2, -0.15) is 5.26 Å². The molecule has 3 aromatic rings. The summed E-state index contributed by atoms with van der Waals surface area (Å²) < 4.78 is 6.25. The largest absolute Gasteiger partial charge is 0.378 e. The molecule has 3 heterocycles.